The van der Waals surface area contributed by atoms with Crippen molar-refractivity contribution in [1.29, 1.82) is 0 Å². The van der Waals surface area contributed by atoms with Gasteiger partial charge in [-0.15, -0.1) is 0 Å². The topological polar surface area (TPSA) is 52.4 Å². The molecule has 2 aliphatic rings. The summed E-state index contributed by atoms with van der Waals surface area (Å²) in [6.45, 7) is 0.0358. The van der Waals surface area contributed by atoms with Gasteiger partial charge in [-0.05, 0) is 18.8 Å². The molecule has 0 bridgehead atoms. The summed E-state index contributed by atoms with van der Waals surface area (Å²) in [6.07, 6.45) is -7.54. The molecule has 0 N–H and O–H groups in total. The zero-order valence-electron chi connectivity index (χ0n) is 11.5. The third kappa shape index (κ3) is 3.46. The van der Waals surface area contributed by atoms with Crippen LogP contribution in [0.1, 0.15) is 32.1 Å². The van der Waals surface area contributed by atoms with Crippen LogP contribution in [0, 0.1) is 16.0 Å². The summed E-state index contributed by atoms with van der Waals surface area (Å²) in [7, 11) is 0. The first kappa shape index (κ1) is 16.5. The fourth-order valence-corrected chi connectivity index (χ4v) is 3.11. The first-order chi connectivity index (χ1) is 9.93. The molecule has 0 spiro atoms. The standard InChI is InChI=1S/C13H19F4NO3/c14-8-10(16)13(11(17)9(15)12(8)18(19)20)21-6-7-4-2-1-3-5-7/h7-13H,1-6H2. The molecule has 0 amide bonds. The van der Waals surface area contributed by atoms with Crippen LogP contribution in [0.25, 0.3) is 0 Å². The number of hydrogen-bond acceptors (Lipinski definition) is 3. The number of nitrogens with zero attached hydrogens (tertiary/aromatic N) is 1. The molecule has 4 atom stereocenters. The van der Waals surface area contributed by atoms with Crippen LogP contribution >= 0.6 is 0 Å². The Labute approximate surface area is 120 Å². The molecular weight excluding hydrogens is 294 g/mol. The Hall–Kier alpha value is -0.920. The highest BCUT2D eigenvalue weighted by atomic mass is 19.2. The smallest absolute Gasteiger partial charge is 0.280 e. The summed E-state index contributed by atoms with van der Waals surface area (Å²) in [5.41, 5.74) is 0. The van der Waals surface area contributed by atoms with Crippen molar-refractivity contribution in [1.82, 2.24) is 0 Å². The number of rotatable bonds is 4. The van der Waals surface area contributed by atoms with Crippen LogP contribution in [0.4, 0.5) is 17.6 Å². The van der Waals surface area contributed by atoms with Gasteiger partial charge in [-0.25, -0.2) is 17.6 Å². The summed E-state index contributed by atoms with van der Waals surface area (Å²) >= 11 is 0. The molecule has 2 saturated carbocycles. The Kier molecular flexibility index (Phi) is 5.40. The third-order valence-electron chi connectivity index (χ3n) is 4.38. The Balaban J connectivity index is 1.97. The molecular formula is C13H19F4NO3. The van der Waals surface area contributed by atoms with Gasteiger partial charge in [0.15, 0.2) is 12.3 Å². The molecule has 0 aromatic heterocycles. The van der Waals surface area contributed by atoms with Gasteiger partial charge in [0, 0.05) is 4.92 Å². The van der Waals surface area contributed by atoms with Crippen molar-refractivity contribution in [3.05, 3.63) is 10.1 Å². The lowest BCUT2D eigenvalue weighted by Crippen LogP contribution is -2.61. The predicted molar refractivity (Wildman–Crippen MR) is 66.7 cm³/mol. The first-order valence-corrected chi connectivity index (χ1v) is 7.25. The van der Waals surface area contributed by atoms with Gasteiger partial charge in [0.25, 0.3) is 6.04 Å². The van der Waals surface area contributed by atoms with E-state index in [1.54, 1.807) is 0 Å². The molecule has 2 rings (SSSR count). The number of ether oxygens (including phenoxy) is 1. The second-order valence-electron chi connectivity index (χ2n) is 5.86. The molecule has 8 heteroatoms. The Morgan fingerprint density at radius 1 is 0.952 bits per heavy atom. The second-order valence-corrected chi connectivity index (χ2v) is 5.86. The summed E-state index contributed by atoms with van der Waals surface area (Å²) in [5, 5.41) is 10.5. The number of nitro groups is 1. The van der Waals surface area contributed by atoms with Crippen molar-refractivity contribution in [3.8, 4) is 0 Å². The van der Waals surface area contributed by atoms with Crippen molar-refractivity contribution in [2.45, 2.75) is 68.9 Å². The molecule has 2 fully saturated rings. The van der Waals surface area contributed by atoms with E-state index in [1.807, 2.05) is 0 Å². The Morgan fingerprint density at radius 2 is 1.48 bits per heavy atom. The highest BCUT2D eigenvalue weighted by Gasteiger charge is 2.59. The lowest BCUT2D eigenvalue weighted by molar-refractivity contribution is -0.548. The minimum atomic E-state index is -2.70. The highest BCUT2D eigenvalue weighted by molar-refractivity contribution is 5.00. The maximum Gasteiger partial charge on any atom is 0.280 e. The molecule has 21 heavy (non-hydrogen) atoms. The van der Waals surface area contributed by atoms with Crippen molar-refractivity contribution in [2.75, 3.05) is 6.61 Å². The Bertz CT molecular complexity index is 351. The van der Waals surface area contributed by atoms with E-state index in [1.165, 1.54) is 0 Å². The largest absolute Gasteiger partial charge is 0.372 e. The summed E-state index contributed by atoms with van der Waals surface area (Å²) in [4.78, 5) is 9.23. The van der Waals surface area contributed by atoms with Gasteiger partial charge in [-0.3, -0.25) is 10.1 Å². The average molecular weight is 313 g/mol. The SMILES string of the molecule is O=[N+]([O-])C1C(F)C(F)C(OCC2CCCCC2)C(F)C1F. The van der Waals surface area contributed by atoms with E-state index in [2.05, 4.69) is 0 Å². The van der Waals surface area contributed by atoms with Crippen LogP contribution in [-0.2, 0) is 4.74 Å². The van der Waals surface area contributed by atoms with Crippen LogP contribution in [0.5, 0.6) is 0 Å². The zero-order valence-corrected chi connectivity index (χ0v) is 11.5. The van der Waals surface area contributed by atoms with Crippen LogP contribution in [0.2, 0.25) is 0 Å². The van der Waals surface area contributed by atoms with Crippen LogP contribution in [-0.4, -0.2) is 48.4 Å². The van der Waals surface area contributed by atoms with E-state index in [9.17, 15) is 27.7 Å². The van der Waals surface area contributed by atoms with E-state index < -0.39 is 41.8 Å². The van der Waals surface area contributed by atoms with Gasteiger partial charge in [0.05, 0.1) is 6.61 Å². The highest BCUT2D eigenvalue weighted by Crippen LogP contribution is 2.34. The molecule has 0 radical (unpaired) electrons. The molecule has 2 aliphatic carbocycles. The second kappa shape index (κ2) is 6.89. The predicted octanol–water partition coefficient (Wildman–Crippen LogP) is 2.96. The minimum Gasteiger partial charge on any atom is -0.372 e. The third-order valence-corrected chi connectivity index (χ3v) is 4.38. The van der Waals surface area contributed by atoms with E-state index in [0.717, 1.165) is 32.1 Å². The van der Waals surface area contributed by atoms with Crippen molar-refractivity contribution < 1.29 is 27.2 Å². The van der Waals surface area contributed by atoms with Crippen LogP contribution in [0.15, 0.2) is 0 Å². The fourth-order valence-electron chi connectivity index (χ4n) is 3.11. The molecule has 0 heterocycles. The average Bonchev–Trinajstić information content (AvgIpc) is 2.46. The van der Waals surface area contributed by atoms with E-state index in [-0.39, 0.29) is 12.5 Å². The first-order valence-electron chi connectivity index (χ1n) is 7.25. The molecule has 4 nitrogen and oxygen atoms in total. The molecule has 0 saturated heterocycles. The van der Waals surface area contributed by atoms with Gasteiger partial charge in [-0.2, -0.15) is 0 Å². The molecule has 0 aliphatic heterocycles. The molecule has 0 aromatic rings. The summed E-state index contributed by atoms with van der Waals surface area (Å²) < 4.78 is 60.0. The van der Waals surface area contributed by atoms with Crippen molar-refractivity contribution in [3.63, 3.8) is 0 Å². The summed E-state index contributed by atoms with van der Waals surface area (Å²) in [6, 6.07) is -2.51. The quantitative estimate of drug-likeness (QED) is 0.455. The minimum absolute atomic E-state index is 0.0358. The maximum atomic E-state index is 13.8. The number of halogens is 4. The fraction of sp³-hybridized carbons (Fsp3) is 1.00. The van der Waals surface area contributed by atoms with Gasteiger partial charge >= 0.3 is 0 Å². The number of alkyl halides is 4. The van der Waals surface area contributed by atoms with Crippen molar-refractivity contribution >= 4 is 0 Å². The Morgan fingerprint density at radius 3 is 1.95 bits per heavy atom. The van der Waals surface area contributed by atoms with E-state index in [4.69, 9.17) is 4.74 Å². The van der Waals surface area contributed by atoms with Crippen LogP contribution < -0.4 is 0 Å². The zero-order chi connectivity index (χ0) is 15.6. The summed E-state index contributed by atoms with van der Waals surface area (Å²) in [5.74, 6) is 0.127. The van der Waals surface area contributed by atoms with Gasteiger partial charge in [-0.1, -0.05) is 19.3 Å². The lowest BCUT2D eigenvalue weighted by Gasteiger charge is -2.36. The van der Waals surface area contributed by atoms with Crippen molar-refractivity contribution in [2.24, 2.45) is 5.92 Å². The van der Waals surface area contributed by atoms with Gasteiger partial charge < -0.3 is 4.74 Å². The number of hydrogen-bond donors (Lipinski definition) is 0. The monoisotopic (exact) mass is 313 g/mol. The van der Waals surface area contributed by atoms with Gasteiger partial charge in [0.2, 0.25) is 12.3 Å². The molecule has 4 unspecified atom stereocenters. The molecule has 122 valence electrons. The normalized spacial score (nSPS) is 41.9. The lowest BCUT2D eigenvalue weighted by atomic mass is 9.86. The van der Waals surface area contributed by atoms with Gasteiger partial charge in [0.1, 0.15) is 6.10 Å². The van der Waals surface area contributed by atoms with E-state index >= 15 is 0 Å². The molecule has 0 aromatic carbocycles. The maximum absolute atomic E-state index is 13.8. The van der Waals surface area contributed by atoms with Crippen LogP contribution in [0.3, 0.4) is 0 Å². The van der Waals surface area contributed by atoms with E-state index in [0.29, 0.717) is 0 Å².